The van der Waals surface area contributed by atoms with Gasteiger partial charge in [-0.25, -0.2) is 0 Å². The first kappa shape index (κ1) is 22.7. The molecule has 1 aliphatic heterocycles. The van der Waals surface area contributed by atoms with Gasteiger partial charge in [-0.05, 0) is 103 Å². The zero-order valence-corrected chi connectivity index (χ0v) is 20.3. The van der Waals surface area contributed by atoms with Gasteiger partial charge in [0.05, 0.1) is 6.10 Å². The summed E-state index contributed by atoms with van der Waals surface area (Å²) in [6.07, 6.45) is 9.89. The van der Waals surface area contributed by atoms with E-state index in [-0.39, 0.29) is 6.10 Å². The molecule has 1 heterocycles. The first-order chi connectivity index (χ1) is 16.0. The molecular formula is C29H39NO3. The van der Waals surface area contributed by atoms with Gasteiger partial charge in [-0.15, -0.1) is 0 Å². The quantitative estimate of drug-likeness (QED) is 0.462. The molecule has 0 spiro atoms. The van der Waals surface area contributed by atoms with Gasteiger partial charge in [-0.2, -0.15) is 0 Å². The number of hydrogen-bond acceptors (Lipinski definition) is 4. The average molecular weight is 450 g/mol. The van der Waals surface area contributed by atoms with E-state index >= 15 is 0 Å². The second kappa shape index (κ2) is 9.66. The number of rotatable bonds is 7. The Kier molecular flexibility index (Phi) is 6.65. The molecule has 2 saturated carbocycles. The molecule has 1 saturated heterocycles. The van der Waals surface area contributed by atoms with Crippen molar-refractivity contribution in [2.45, 2.75) is 84.0 Å². The summed E-state index contributed by atoms with van der Waals surface area (Å²) in [6, 6.07) is 13.4. The molecule has 0 N–H and O–H groups in total. The molecule has 0 amide bonds. The van der Waals surface area contributed by atoms with E-state index < -0.39 is 0 Å². The molecule has 178 valence electrons. The maximum Gasteiger partial charge on any atom is 0.293 e. The standard InChI is InChI=1S/C29H39NO3/c1-29(2)12-10-26(11-13-29)33-28-9-8-23-14-21(6-7-24(23)16-28)17-30-18-25(19-30)22-4-3-5-27(15-22)32-20-31/h6-9,14,16,20,22,25-27H,3-5,10-13,15,17-19H2,1-2H3. The molecule has 33 heavy (non-hydrogen) atoms. The molecule has 2 atom stereocenters. The van der Waals surface area contributed by atoms with E-state index in [2.05, 4.69) is 55.1 Å². The molecule has 2 unspecified atom stereocenters. The zero-order chi connectivity index (χ0) is 22.8. The van der Waals surface area contributed by atoms with Crippen molar-refractivity contribution in [1.82, 2.24) is 4.90 Å². The second-order valence-corrected chi connectivity index (χ2v) is 11.6. The lowest BCUT2D eigenvalue weighted by Crippen LogP contribution is -2.50. The Labute approximate surface area is 198 Å². The highest BCUT2D eigenvalue weighted by Crippen LogP contribution is 2.38. The Morgan fingerprint density at radius 2 is 1.70 bits per heavy atom. The summed E-state index contributed by atoms with van der Waals surface area (Å²) < 4.78 is 11.6. The Morgan fingerprint density at radius 3 is 2.48 bits per heavy atom. The van der Waals surface area contributed by atoms with Crippen LogP contribution in [-0.4, -0.2) is 36.7 Å². The van der Waals surface area contributed by atoms with Gasteiger partial charge in [0.2, 0.25) is 0 Å². The summed E-state index contributed by atoms with van der Waals surface area (Å²) in [7, 11) is 0. The van der Waals surface area contributed by atoms with E-state index in [1.807, 2.05) is 0 Å². The van der Waals surface area contributed by atoms with E-state index in [0.29, 0.717) is 23.9 Å². The topological polar surface area (TPSA) is 38.8 Å². The maximum absolute atomic E-state index is 10.7. The molecule has 2 aromatic rings. The van der Waals surface area contributed by atoms with Crippen LogP contribution in [0.1, 0.15) is 70.8 Å². The summed E-state index contributed by atoms with van der Waals surface area (Å²) in [5.74, 6) is 2.48. The lowest BCUT2D eigenvalue weighted by Gasteiger charge is -2.45. The number of carbonyl (C=O) groups excluding carboxylic acids is 1. The Morgan fingerprint density at radius 1 is 0.939 bits per heavy atom. The lowest BCUT2D eigenvalue weighted by molar-refractivity contribution is -0.136. The first-order valence-corrected chi connectivity index (χ1v) is 13.0. The molecule has 0 aromatic heterocycles. The number of fused-ring (bicyclic) bond motifs is 1. The van der Waals surface area contributed by atoms with Crippen LogP contribution in [0.2, 0.25) is 0 Å². The summed E-state index contributed by atoms with van der Waals surface area (Å²) in [4.78, 5) is 13.2. The van der Waals surface area contributed by atoms with Crippen molar-refractivity contribution in [1.29, 1.82) is 0 Å². The molecule has 5 rings (SSSR count). The molecule has 4 nitrogen and oxygen atoms in total. The van der Waals surface area contributed by atoms with Gasteiger partial charge < -0.3 is 9.47 Å². The molecule has 0 radical (unpaired) electrons. The van der Waals surface area contributed by atoms with Crippen LogP contribution in [0.5, 0.6) is 5.75 Å². The highest BCUT2D eigenvalue weighted by Gasteiger charge is 2.36. The zero-order valence-electron chi connectivity index (χ0n) is 20.3. The molecule has 2 aliphatic carbocycles. The summed E-state index contributed by atoms with van der Waals surface area (Å²) in [5, 5.41) is 2.56. The van der Waals surface area contributed by atoms with Crippen LogP contribution < -0.4 is 4.74 Å². The lowest BCUT2D eigenvalue weighted by atomic mass is 9.75. The third-order valence-electron chi connectivity index (χ3n) is 8.44. The molecule has 3 fully saturated rings. The number of carbonyl (C=O) groups is 1. The van der Waals surface area contributed by atoms with Crippen molar-refractivity contribution in [3.8, 4) is 5.75 Å². The van der Waals surface area contributed by atoms with Gasteiger partial charge in [0.15, 0.2) is 0 Å². The summed E-state index contributed by atoms with van der Waals surface area (Å²) >= 11 is 0. The average Bonchev–Trinajstić information content (AvgIpc) is 2.78. The molecule has 4 heteroatoms. The minimum Gasteiger partial charge on any atom is -0.490 e. The van der Waals surface area contributed by atoms with Crippen LogP contribution in [0.15, 0.2) is 36.4 Å². The Balaban J connectivity index is 1.13. The smallest absolute Gasteiger partial charge is 0.293 e. The van der Waals surface area contributed by atoms with Crippen molar-refractivity contribution in [3.05, 3.63) is 42.0 Å². The maximum atomic E-state index is 10.7. The number of nitrogens with zero attached hydrogens (tertiary/aromatic N) is 1. The number of benzene rings is 2. The van der Waals surface area contributed by atoms with Crippen molar-refractivity contribution in [2.24, 2.45) is 17.3 Å². The van der Waals surface area contributed by atoms with E-state index in [4.69, 9.17) is 9.47 Å². The van der Waals surface area contributed by atoms with Gasteiger partial charge in [0.1, 0.15) is 11.9 Å². The predicted octanol–water partition coefficient (Wildman–Crippen LogP) is 6.35. The SMILES string of the molecule is CC1(C)CCC(Oc2ccc3cc(CN4CC(C5CCCC(OC=O)C5)C4)ccc3c2)CC1. The third-order valence-corrected chi connectivity index (χ3v) is 8.44. The Bertz CT molecular complexity index is 954. The van der Waals surface area contributed by atoms with Crippen molar-refractivity contribution < 1.29 is 14.3 Å². The normalized spacial score (nSPS) is 26.6. The van der Waals surface area contributed by atoms with Gasteiger partial charge in [0.25, 0.3) is 6.47 Å². The van der Waals surface area contributed by atoms with E-state index in [1.54, 1.807) is 0 Å². The van der Waals surface area contributed by atoms with Gasteiger partial charge >= 0.3 is 0 Å². The predicted molar refractivity (Wildman–Crippen MR) is 132 cm³/mol. The van der Waals surface area contributed by atoms with Crippen molar-refractivity contribution in [2.75, 3.05) is 13.1 Å². The molecule has 0 bridgehead atoms. The second-order valence-electron chi connectivity index (χ2n) is 11.6. The van der Waals surface area contributed by atoms with E-state index in [9.17, 15) is 4.79 Å². The number of ether oxygens (including phenoxy) is 2. The third kappa shape index (κ3) is 5.54. The molecule has 2 aromatic carbocycles. The number of likely N-dealkylation sites (tertiary alicyclic amines) is 1. The van der Waals surface area contributed by atoms with Crippen LogP contribution in [0.25, 0.3) is 10.8 Å². The van der Waals surface area contributed by atoms with E-state index in [0.717, 1.165) is 43.9 Å². The fourth-order valence-corrected chi connectivity index (χ4v) is 6.23. The molecule has 3 aliphatic rings. The van der Waals surface area contributed by atoms with Crippen LogP contribution in [0.3, 0.4) is 0 Å². The van der Waals surface area contributed by atoms with Gasteiger partial charge in [0, 0.05) is 19.6 Å². The highest BCUT2D eigenvalue weighted by atomic mass is 16.5. The highest BCUT2D eigenvalue weighted by molar-refractivity contribution is 5.84. The summed E-state index contributed by atoms with van der Waals surface area (Å²) in [5.41, 5.74) is 1.86. The minimum absolute atomic E-state index is 0.148. The van der Waals surface area contributed by atoms with Crippen LogP contribution in [-0.2, 0) is 16.1 Å². The van der Waals surface area contributed by atoms with Gasteiger partial charge in [-0.3, -0.25) is 9.69 Å². The fraction of sp³-hybridized carbons (Fsp3) is 0.621. The summed E-state index contributed by atoms with van der Waals surface area (Å²) in [6.45, 7) is 8.72. The fourth-order valence-electron chi connectivity index (χ4n) is 6.23. The Hall–Kier alpha value is -2.07. The first-order valence-electron chi connectivity index (χ1n) is 13.0. The monoisotopic (exact) mass is 449 g/mol. The largest absolute Gasteiger partial charge is 0.490 e. The van der Waals surface area contributed by atoms with Crippen LogP contribution in [0.4, 0.5) is 0 Å². The van der Waals surface area contributed by atoms with Crippen molar-refractivity contribution in [3.63, 3.8) is 0 Å². The molecular weight excluding hydrogens is 410 g/mol. The van der Waals surface area contributed by atoms with Crippen LogP contribution in [0, 0.1) is 17.3 Å². The van der Waals surface area contributed by atoms with Crippen LogP contribution >= 0.6 is 0 Å². The minimum atomic E-state index is 0.148. The van der Waals surface area contributed by atoms with Gasteiger partial charge in [-0.1, -0.05) is 32.0 Å². The van der Waals surface area contributed by atoms with Crippen molar-refractivity contribution >= 4 is 17.2 Å². The van der Waals surface area contributed by atoms with E-state index in [1.165, 1.54) is 55.1 Å². The number of hydrogen-bond donors (Lipinski definition) is 0.